The molecular formula is C21H23N5O2. The largest absolute Gasteiger partial charge is 0.506 e. The molecule has 0 bridgehead atoms. The van der Waals surface area contributed by atoms with Crippen molar-refractivity contribution in [3.8, 4) is 17.1 Å². The molecule has 0 saturated carbocycles. The zero-order chi connectivity index (χ0) is 19.7. The minimum absolute atomic E-state index is 0.0690. The maximum absolute atomic E-state index is 12.5. The van der Waals surface area contributed by atoms with Gasteiger partial charge in [-0.05, 0) is 57.4 Å². The van der Waals surface area contributed by atoms with Gasteiger partial charge >= 0.3 is 0 Å². The number of pyridine rings is 1. The summed E-state index contributed by atoms with van der Waals surface area (Å²) in [5, 5.41) is 14.6. The van der Waals surface area contributed by atoms with Gasteiger partial charge in [0.25, 0.3) is 5.56 Å². The van der Waals surface area contributed by atoms with E-state index in [1.807, 2.05) is 30.3 Å². The lowest BCUT2D eigenvalue weighted by atomic mass is 10.1. The standard InChI is InChI=1S/C21H23N5O2/c1-26(2)11-5-10-22-13-8-9-16-17(12-13)24-20(23-16)18-19(27)14-6-3-4-7-15(14)25-21(18)28/h3-4,6-9,12,22H,5,10-11H2,1-2H3,(H,23,24)(H2,25,27,28). The molecule has 0 aliphatic carbocycles. The second-order valence-corrected chi connectivity index (χ2v) is 7.12. The van der Waals surface area contributed by atoms with E-state index in [2.05, 4.69) is 39.3 Å². The Labute approximate surface area is 162 Å². The summed E-state index contributed by atoms with van der Waals surface area (Å²) in [5.41, 5.74) is 2.89. The summed E-state index contributed by atoms with van der Waals surface area (Å²) in [6.07, 6.45) is 1.04. The van der Waals surface area contributed by atoms with E-state index in [9.17, 15) is 9.90 Å². The van der Waals surface area contributed by atoms with Crippen LogP contribution in [0.2, 0.25) is 0 Å². The molecule has 7 nitrogen and oxygen atoms in total. The minimum atomic E-state index is -0.378. The number of aromatic amines is 2. The van der Waals surface area contributed by atoms with Gasteiger partial charge in [-0.2, -0.15) is 0 Å². The normalized spacial score (nSPS) is 11.5. The molecule has 2 heterocycles. The molecule has 0 spiro atoms. The number of nitrogens with zero attached hydrogens (tertiary/aromatic N) is 2. The molecule has 0 fully saturated rings. The first kappa shape index (κ1) is 18.1. The first-order valence-electron chi connectivity index (χ1n) is 9.25. The van der Waals surface area contributed by atoms with Crippen molar-refractivity contribution < 1.29 is 5.11 Å². The lowest BCUT2D eigenvalue weighted by Gasteiger charge is -2.10. The number of aromatic hydroxyl groups is 1. The Hall–Kier alpha value is -3.32. The molecule has 4 aromatic rings. The average Bonchev–Trinajstić information content (AvgIpc) is 3.08. The van der Waals surface area contributed by atoms with Gasteiger partial charge < -0.3 is 25.3 Å². The first-order valence-corrected chi connectivity index (χ1v) is 9.25. The fraction of sp³-hybridized carbons (Fsp3) is 0.238. The molecule has 2 aromatic heterocycles. The molecule has 4 rings (SSSR count). The fourth-order valence-electron chi connectivity index (χ4n) is 3.31. The smallest absolute Gasteiger partial charge is 0.263 e. The number of anilines is 1. The van der Waals surface area contributed by atoms with Crippen LogP contribution in [0.25, 0.3) is 33.3 Å². The average molecular weight is 377 g/mol. The summed E-state index contributed by atoms with van der Waals surface area (Å²) >= 11 is 0. The summed E-state index contributed by atoms with van der Waals surface area (Å²) < 4.78 is 0. The third-order valence-corrected chi connectivity index (χ3v) is 4.72. The van der Waals surface area contributed by atoms with Crippen LogP contribution < -0.4 is 10.9 Å². The van der Waals surface area contributed by atoms with Crippen LogP contribution in [0.3, 0.4) is 0 Å². The second kappa shape index (κ2) is 7.36. The van der Waals surface area contributed by atoms with Gasteiger partial charge in [-0.3, -0.25) is 4.79 Å². The number of rotatable bonds is 6. The van der Waals surface area contributed by atoms with Gasteiger partial charge in [0.05, 0.1) is 16.6 Å². The number of fused-ring (bicyclic) bond motifs is 2. The Kier molecular flexibility index (Phi) is 4.75. The third kappa shape index (κ3) is 3.44. The Balaban J connectivity index is 1.67. The van der Waals surface area contributed by atoms with Crippen LogP contribution >= 0.6 is 0 Å². The van der Waals surface area contributed by atoms with Crippen LogP contribution in [0.4, 0.5) is 5.69 Å². The van der Waals surface area contributed by atoms with Gasteiger partial charge in [-0.25, -0.2) is 4.98 Å². The maximum atomic E-state index is 12.5. The summed E-state index contributed by atoms with van der Waals surface area (Å²) in [5.74, 6) is 0.282. The zero-order valence-corrected chi connectivity index (χ0v) is 15.9. The molecule has 2 aromatic carbocycles. The van der Waals surface area contributed by atoms with E-state index < -0.39 is 0 Å². The van der Waals surface area contributed by atoms with Gasteiger partial charge in [0.1, 0.15) is 17.1 Å². The Bertz CT molecular complexity index is 1190. The summed E-state index contributed by atoms with van der Waals surface area (Å²) in [7, 11) is 4.12. The fourth-order valence-corrected chi connectivity index (χ4v) is 3.31. The van der Waals surface area contributed by atoms with Crippen LogP contribution in [-0.2, 0) is 0 Å². The summed E-state index contributed by atoms with van der Waals surface area (Å²) in [6, 6.07) is 13.0. The van der Waals surface area contributed by atoms with E-state index in [0.717, 1.165) is 36.2 Å². The van der Waals surface area contributed by atoms with Crippen LogP contribution in [0, 0.1) is 0 Å². The first-order chi connectivity index (χ1) is 13.5. The van der Waals surface area contributed by atoms with Gasteiger partial charge in [-0.15, -0.1) is 0 Å². The van der Waals surface area contributed by atoms with Crippen molar-refractivity contribution in [1.29, 1.82) is 0 Å². The quantitative estimate of drug-likeness (QED) is 0.387. The van der Waals surface area contributed by atoms with Crippen molar-refractivity contribution >= 4 is 27.6 Å². The number of H-pyrrole nitrogens is 2. The molecule has 4 N–H and O–H groups in total. The monoisotopic (exact) mass is 377 g/mol. The predicted molar refractivity (Wildman–Crippen MR) is 113 cm³/mol. The topological polar surface area (TPSA) is 97.0 Å². The number of benzene rings is 2. The number of aromatic nitrogens is 3. The molecule has 0 aliphatic heterocycles. The molecule has 0 saturated heterocycles. The highest BCUT2D eigenvalue weighted by molar-refractivity contribution is 5.92. The van der Waals surface area contributed by atoms with E-state index in [0.29, 0.717) is 16.7 Å². The van der Waals surface area contributed by atoms with Crippen molar-refractivity contribution in [3.05, 3.63) is 52.8 Å². The van der Waals surface area contributed by atoms with Gasteiger partial charge in [0.2, 0.25) is 0 Å². The van der Waals surface area contributed by atoms with Crippen LogP contribution in [0.1, 0.15) is 6.42 Å². The lowest BCUT2D eigenvalue weighted by molar-refractivity contribution is 0.405. The van der Waals surface area contributed by atoms with Crippen LogP contribution in [0.15, 0.2) is 47.3 Å². The van der Waals surface area contributed by atoms with Gasteiger partial charge in [0, 0.05) is 17.6 Å². The van der Waals surface area contributed by atoms with Gasteiger partial charge in [0.15, 0.2) is 0 Å². The Morgan fingerprint density at radius 2 is 1.93 bits per heavy atom. The molecule has 28 heavy (non-hydrogen) atoms. The van der Waals surface area contributed by atoms with E-state index in [-0.39, 0.29) is 16.9 Å². The van der Waals surface area contributed by atoms with E-state index >= 15 is 0 Å². The maximum Gasteiger partial charge on any atom is 0.263 e. The highest BCUT2D eigenvalue weighted by atomic mass is 16.3. The minimum Gasteiger partial charge on any atom is -0.506 e. The molecule has 7 heteroatoms. The summed E-state index contributed by atoms with van der Waals surface area (Å²) in [4.78, 5) is 25.2. The third-order valence-electron chi connectivity index (χ3n) is 4.72. The van der Waals surface area contributed by atoms with Crippen molar-refractivity contribution in [2.24, 2.45) is 0 Å². The van der Waals surface area contributed by atoms with Crippen molar-refractivity contribution in [2.75, 3.05) is 32.5 Å². The lowest BCUT2D eigenvalue weighted by Crippen LogP contribution is -2.16. The number of hydrogen-bond donors (Lipinski definition) is 4. The van der Waals surface area contributed by atoms with E-state index in [1.54, 1.807) is 12.1 Å². The molecule has 0 aliphatic rings. The van der Waals surface area contributed by atoms with Crippen molar-refractivity contribution in [1.82, 2.24) is 19.9 Å². The molecule has 0 radical (unpaired) electrons. The zero-order valence-electron chi connectivity index (χ0n) is 15.9. The molecule has 0 unspecified atom stereocenters. The highest BCUT2D eigenvalue weighted by Gasteiger charge is 2.17. The van der Waals surface area contributed by atoms with E-state index in [4.69, 9.17) is 0 Å². The number of para-hydroxylation sites is 1. The second-order valence-electron chi connectivity index (χ2n) is 7.12. The number of imidazole rings is 1. The number of hydrogen-bond acceptors (Lipinski definition) is 5. The molecule has 0 amide bonds. The molecule has 0 atom stereocenters. The molecular weight excluding hydrogens is 354 g/mol. The SMILES string of the molecule is CN(C)CCCNc1ccc2nc(-c3c(O)c4ccccc4[nH]c3=O)[nH]c2c1. The van der Waals surface area contributed by atoms with Crippen LogP contribution in [-0.4, -0.2) is 52.1 Å². The van der Waals surface area contributed by atoms with E-state index in [1.165, 1.54) is 0 Å². The predicted octanol–water partition coefficient (Wildman–Crippen LogP) is 3.14. The number of nitrogens with one attached hydrogen (secondary N) is 3. The van der Waals surface area contributed by atoms with Crippen molar-refractivity contribution in [2.45, 2.75) is 6.42 Å². The molecule has 144 valence electrons. The van der Waals surface area contributed by atoms with Gasteiger partial charge in [-0.1, -0.05) is 12.1 Å². The summed E-state index contributed by atoms with van der Waals surface area (Å²) in [6.45, 7) is 1.89. The Morgan fingerprint density at radius 1 is 1.11 bits per heavy atom. The highest BCUT2D eigenvalue weighted by Crippen LogP contribution is 2.31. The Morgan fingerprint density at radius 3 is 2.75 bits per heavy atom. The van der Waals surface area contributed by atoms with Crippen LogP contribution in [0.5, 0.6) is 5.75 Å². The van der Waals surface area contributed by atoms with Crippen molar-refractivity contribution in [3.63, 3.8) is 0 Å².